The molecule has 2 aromatic carbocycles. The molecule has 0 aliphatic heterocycles. The van der Waals surface area contributed by atoms with E-state index in [1.54, 1.807) is 0 Å². The molecule has 0 radical (unpaired) electrons. The van der Waals surface area contributed by atoms with Gasteiger partial charge >= 0.3 is 0 Å². The number of rotatable bonds is 7. The molecule has 0 saturated carbocycles. The van der Waals surface area contributed by atoms with Gasteiger partial charge in [-0.1, -0.05) is 71.9 Å². The maximum Gasteiger partial charge on any atom is 0.200 e. The van der Waals surface area contributed by atoms with E-state index in [1.807, 2.05) is 30.3 Å². The minimum Gasteiger partial charge on any atom is -0.485 e. The second-order valence-electron chi connectivity index (χ2n) is 7.56. The lowest BCUT2D eigenvalue weighted by molar-refractivity contribution is 0.0919. The molecule has 0 spiro atoms. The summed E-state index contributed by atoms with van der Waals surface area (Å²) < 4.78 is 5.72. The molecular formula is C23H30O2. The Hall–Kier alpha value is -2.09. The molecule has 0 atom stereocenters. The van der Waals surface area contributed by atoms with Crippen molar-refractivity contribution in [2.24, 2.45) is 0 Å². The number of benzene rings is 2. The van der Waals surface area contributed by atoms with Gasteiger partial charge < -0.3 is 4.74 Å². The maximum atomic E-state index is 13.0. The van der Waals surface area contributed by atoms with Gasteiger partial charge in [-0.15, -0.1) is 0 Å². The quantitative estimate of drug-likeness (QED) is 0.552. The molecule has 2 heteroatoms. The largest absolute Gasteiger partial charge is 0.485 e. The molecule has 2 nitrogen and oxygen atoms in total. The fourth-order valence-electron chi connectivity index (χ4n) is 3.02. The zero-order valence-corrected chi connectivity index (χ0v) is 16.3. The lowest BCUT2D eigenvalue weighted by Gasteiger charge is -2.22. The summed E-state index contributed by atoms with van der Waals surface area (Å²) in [6, 6.07) is 13.9. The zero-order valence-electron chi connectivity index (χ0n) is 16.3. The van der Waals surface area contributed by atoms with Crippen LogP contribution in [0, 0.1) is 0 Å². The molecule has 2 rings (SSSR count). The SMILES string of the molecule is CC(C)c1cc(C(C)C)c(C(=O)COc2ccccc2)c(C(C)C)c1. The Morgan fingerprint density at radius 2 is 1.36 bits per heavy atom. The Balaban J connectivity index is 2.41. The summed E-state index contributed by atoms with van der Waals surface area (Å²) in [5, 5.41) is 0. The van der Waals surface area contributed by atoms with Crippen molar-refractivity contribution in [1.29, 1.82) is 0 Å². The molecule has 0 aliphatic rings. The van der Waals surface area contributed by atoms with E-state index in [1.165, 1.54) is 5.56 Å². The molecule has 0 bridgehead atoms. The molecule has 2 aromatic rings. The number of hydrogen-bond acceptors (Lipinski definition) is 2. The maximum absolute atomic E-state index is 13.0. The number of Topliss-reactive ketones (excluding diaryl/α,β-unsaturated/α-hetero) is 1. The molecule has 0 saturated heterocycles. The summed E-state index contributed by atoms with van der Waals surface area (Å²) in [5.41, 5.74) is 4.42. The highest BCUT2D eigenvalue weighted by Crippen LogP contribution is 2.32. The molecule has 0 fully saturated rings. The molecule has 0 unspecified atom stereocenters. The highest BCUT2D eigenvalue weighted by atomic mass is 16.5. The number of carbonyl (C=O) groups is 1. The second-order valence-corrected chi connectivity index (χ2v) is 7.56. The first kappa shape index (κ1) is 19.2. The molecule has 134 valence electrons. The van der Waals surface area contributed by atoms with Crippen molar-refractivity contribution in [2.45, 2.75) is 59.3 Å². The van der Waals surface area contributed by atoms with Crippen molar-refractivity contribution in [1.82, 2.24) is 0 Å². The van der Waals surface area contributed by atoms with E-state index in [0.29, 0.717) is 17.8 Å². The average molecular weight is 338 g/mol. The Morgan fingerprint density at radius 1 is 0.840 bits per heavy atom. The minimum atomic E-state index is 0.0616. The summed E-state index contributed by atoms with van der Waals surface area (Å²) in [4.78, 5) is 13.0. The van der Waals surface area contributed by atoms with Gasteiger partial charge in [-0.2, -0.15) is 0 Å². The number of carbonyl (C=O) groups excluding carboxylic acids is 1. The van der Waals surface area contributed by atoms with Gasteiger partial charge in [0.2, 0.25) is 5.78 Å². The van der Waals surface area contributed by atoms with Gasteiger partial charge in [-0.05, 0) is 46.6 Å². The normalized spacial score (nSPS) is 11.4. The lowest BCUT2D eigenvalue weighted by atomic mass is 9.83. The Morgan fingerprint density at radius 3 is 1.80 bits per heavy atom. The van der Waals surface area contributed by atoms with E-state index in [0.717, 1.165) is 22.4 Å². The van der Waals surface area contributed by atoms with Gasteiger partial charge in [-0.3, -0.25) is 4.79 Å². The van der Waals surface area contributed by atoms with E-state index in [9.17, 15) is 4.79 Å². The van der Waals surface area contributed by atoms with Gasteiger partial charge in [-0.25, -0.2) is 0 Å². The topological polar surface area (TPSA) is 26.3 Å². The van der Waals surface area contributed by atoms with Gasteiger partial charge in [0, 0.05) is 5.56 Å². The van der Waals surface area contributed by atoms with E-state index in [4.69, 9.17) is 4.74 Å². The molecule has 0 aliphatic carbocycles. The molecule has 0 heterocycles. The third-order valence-corrected chi connectivity index (χ3v) is 4.52. The summed E-state index contributed by atoms with van der Waals surface area (Å²) >= 11 is 0. The molecule has 25 heavy (non-hydrogen) atoms. The summed E-state index contributed by atoms with van der Waals surface area (Å²) in [5.74, 6) is 1.83. The zero-order chi connectivity index (χ0) is 18.6. The van der Waals surface area contributed by atoms with Crippen molar-refractivity contribution in [2.75, 3.05) is 6.61 Å². The summed E-state index contributed by atoms with van der Waals surface area (Å²) in [6.07, 6.45) is 0. The van der Waals surface area contributed by atoms with E-state index in [2.05, 4.69) is 53.7 Å². The van der Waals surface area contributed by atoms with Crippen LogP contribution in [0.15, 0.2) is 42.5 Å². The van der Waals surface area contributed by atoms with Crippen LogP contribution in [-0.2, 0) is 0 Å². The first-order valence-electron chi connectivity index (χ1n) is 9.20. The molecular weight excluding hydrogens is 308 g/mol. The fourth-order valence-corrected chi connectivity index (χ4v) is 3.02. The van der Waals surface area contributed by atoms with E-state index < -0.39 is 0 Å². The number of ether oxygens (including phenoxy) is 1. The number of hydrogen-bond donors (Lipinski definition) is 0. The van der Waals surface area contributed by atoms with Gasteiger partial charge in [0.05, 0.1) is 0 Å². The monoisotopic (exact) mass is 338 g/mol. The van der Waals surface area contributed by atoms with Crippen molar-refractivity contribution in [3.05, 3.63) is 64.7 Å². The van der Waals surface area contributed by atoms with Crippen molar-refractivity contribution in [3.63, 3.8) is 0 Å². The predicted molar refractivity (Wildman–Crippen MR) is 105 cm³/mol. The Bertz CT molecular complexity index is 683. The van der Waals surface area contributed by atoms with Gasteiger partial charge in [0.15, 0.2) is 6.61 Å². The van der Waals surface area contributed by atoms with Crippen LogP contribution in [0.1, 0.15) is 86.3 Å². The van der Waals surface area contributed by atoms with Crippen LogP contribution in [0.3, 0.4) is 0 Å². The van der Waals surface area contributed by atoms with Crippen molar-refractivity contribution < 1.29 is 9.53 Å². The van der Waals surface area contributed by atoms with Crippen LogP contribution >= 0.6 is 0 Å². The molecule has 0 amide bonds. The van der Waals surface area contributed by atoms with Gasteiger partial charge in [0.25, 0.3) is 0 Å². The summed E-state index contributed by atoms with van der Waals surface area (Å²) in [7, 11) is 0. The van der Waals surface area contributed by atoms with Crippen molar-refractivity contribution >= 4 is 5.78 Å². The third-order valence-electron chi connectivity index (χ3n) is 4.52. The second kappa shape index (κ2) is 8.33. The molecule has 0 aromatic heterocycles. The van der Waals surface area contributed by atoms with Crippen LogP contribution in [0.25, 0.3) is 0 Å². The number of ketones is 1. The highest BCUT2D eigenvalue weighted by Gasteiger charge is 2.22. The lowest BCUT2D eigenvalue weighted by Crippen LogP contribution is -2.18. The predicted octanol–water partition coefficient (Wildman–Crippen LogP) is 6.32. The highest BCUT2D eigenvalue weighted by molar-refractivity contribution is 6.00. The van der Waals surface area contributed by atoms with Crippen LogP contribution in [0.4, 0.5) is 0 Å². The standard InChI is InChI=1S/C23H30O2/c1-15(2)18-12-20(16(3)4)23(21(13-18)17(5)6)22(24)14-25-19-10-8-7-9-11-19/h7-13,15-17H,14H2,1-6H3. The van der Waals surface area contributed by atoms with Crippen LogP contribution in [0.2, 0.25) is 0 Å². The third kappa shape index (κ3) is 4.72. The minimum absolute atomic E-state index is 0.0616. The van der Waals surface area contributed by atoms with Crippen LogP contribution < -0.4 is 4.74 Å². The van der Waals surface area contributed by atoms with Crippen LogP contribution in [0.5, 0.6) is 5.75 Å². The Kier molecular flexibility index (Phi) is 6.41. The van der Waals surface area contributed by atoms with E-state index >= 15 is 0 Å². The summed E-state index contributed by atoms with van der Waals surface area (Å²) in [6.45, 7) is 13.1. The Labute approximate surface area is 152 Å². The average Bonchev–Trinajstić information content (AvgIpc) is 2.59. The van der Waals surface area contributed by atoms with E-state index in [-0.39, 0.29) is 12.4 Å². The first-order valence-corrected chi connectivity index (χ1v) is 9.20. The number of para-hydroxylation sites is 1. The fraction of sp³-hybridized carbons (Fsp3) is 0.435. The van der Waals surface area contributed by atoms with Crippen LogP contribution in [-0.4, -0.2) is 12.4 Å². The van der Waals surface area contributed by atoms with Crippen molar-refractivity contribution in [3.8, 4) is 5.75 Å². The smallest absolute Gasteiger partial charge is 0.200 e. The molecule has 0 N–H and O–H groups in total. The first-order chi connectivity index (χ1) is 11.8. The van der Waals surface area contributed by atoms with Gasteiger partial charge in [0.1, 0.15) is 5.75 Å².